The molecule has 2 aromatic carbocycles. The van der Waals surface area contributed by atoms with Crippen molar-refractivity contribution in [3.63, 3.8) is 0 Å². The summed E-state index contributed by atoms with van der Waals surface area (Å²) in [6.45, 7) is 3.89. The van der Waals surface area contributed by atoms with Gasteiger partial charge >= 0.3 is 6.09 Å². The minimum Gasteiger partial charge on any atom is -0.508 e. The highest BCUT2D eigenvalue weighted by Gasteiger charge is 2.14. The molecule has 0 atom stereocenters. The Morgan fingerprint density at radius 2 is 1.92 bits per heavy atom. The van der Waals surface area contributed by atoms with Crippen molar-refractivity contribution in [3.05, 3.63) is 59.7 Å². The molecule has 0 aromatic heterocycles. The molecule has 0 aliphatic carbocycles. The van der Waals surface area contributed by atoms with Gasteiger partial charge in [0.1, 0.15) is 12.4 Å². The van der Waals surface area contributed by atoms with Gasteiger partial charge in [-0.05, 0) is 23.8 Å². The average Bonchev–Trinajstić information content (AvgIpc) is 2.64. The van der Waals surface area contributed by atoms with E-state index in [1.165, 1.54) is 0 Å². The number of ether oxygens (including phenoxy) is 2. The summed E-state index contributed by atoms with van der Waals surface area (Å²) in [5.41, 5.74) is 2.29. The normalized spacial score (nSPS) is 14.9. The molecule has 1 fully saturated rings. The summed E-state index contributed by atoms with van der Waals surface area (Å²) in [6, 6.07) is 14.5. The monoisotopic (exact) mass is 342 g/mol. The molecule has 6 heteroatoms. The number of carbonyl (C=O) groups excluding carboxylic acids is 1. The maximum Gasteiger partial charge on any atom is 0.411 e. The Balaban J connectivity index is 1.56. The van der Waals surface area contributed by atoms with Crippen LogP contribution in [0.4, 0.5) is 10.5 Å². The summed E-state index contributed by atoms with van der Waals surface area (Å²) < 4.78 is 10.5. The van der Waals surface area contributed by atoms with Crippen molar-refractivity contribution < 1.29 is 19.4 Å². The number of amides is 1. The zero-order chi connectivity index (χ0) is 17.5. The third-order valence-corrected chi connectivity index (χ3v) is 4.04. The summed E-state index contributed by atoms with van der Waals surface area (Å²) in [6.07, 6.45) is -0.521. The van der Waals surface area contributed by atoms with Gasteiger partial charge in [0, 0.05) is 30.9 Å². The third-order valence-electron chi connectivity index (χ3n) is 4.04. The second-order valence-corrected chi connectivity index (χ2v) is 5.92. The summed E-state index contributed by atoms with van der Waals surface area (Å²) in [5, 5.41) is 12.8. The fraction of sp³-hybridized carbons (Fsp3) is 0.316. The first kappa shape index (κ1) is 17.3. The van der Waals surface area contributed by atoms with Gasteiger partial charge in [0.15, 0.2) is 0 Å². The molecule has 0 radical (unpaired) electrons. The molecule has 3 rings (SSSR count). The lowest BCUT2D eigenvalue weighted by Crippen LogP contribution is -2.35. The summed E-state index contributed by atoms with van der Waals surface area (Å²) in [4.78, 5) is 14.2. The number of rotatable bonds is 5. The van der Waals surface area contributed by atoms with E-state index < -0.39 is 6.09 Å². The molecule has 0 bridgehead atoms. The number of carbonyl (C=O) groups is 1. The Hall–Kier alpha value is -2.57. The molecular weight excluding hydrogens is 320 g/mol. The lowest BCUT2D eigenvalue weighted by Gasteiger charge is -2.27. The zero-order valence-corrected chi connectivity index (χ0v) is 14.0. The van der Waals surface area contributed by atoms with E-state index in [9.17, 15) is 9.90 Å². The van der Waals surface area contributed by atoms with Crippen LogP contribution in [0.3, 0.4) is 0 Å². The number of benzene rings is 2. The van der Waals surface area contributed by atoms with Gasteiger partial charge in [-0.25, -0.2) is 4.79 Å². The van der Waals surface area contributed by atoms with Crippen LogP contribution in [-0.4, -0.2) is 42.4 Å². The summed E-state index contributed by atoms with van der Waals surface area (Å²) in [7, 11) is 0. The first-order chi connectivity index (χ1) is 12.2. The number of phenols is 1. The van der Waals surface area contributed by atoms with E-state index in [4.69, 9.17) is 9.47 Å². The molecule has 1 heterocycles. The van der Waals surface area contributed by atoms with Crippen molar-refractivity contribution in [1.29, 1.82) is 0 Å². The van der Waals surface area contributed by atoms with Crippen molar-refractivity contribution in [3.8, 4) is 5.75 Å². The van der Waals surface area contributed by atoms with Crippen LogP contribution in [0.1, 0.15) is 11.1 Å². The molecule has 1 saturated heterocycles. The number of aromatic hydroxyl groups is 1. The van der Waals surface area contributed by atoms with Crippen molar-refractivity contribution in [2.24, 2.45) is 0 Å². The van der Waals surface area contributed by atoms with E-state index >= 15 is 0 Å². The highest BCUT2D eigenvalue weighted by molar-refractivity contribution is 5.84. The number of nitrogens with zero attached hydrogens (tertiary/aromatic N) is 1. The van der Waals surface area contributed by atoms with Gasteiger partial charge in [-0.1, -0.05) is 30.3 Å². The van der Waals surface area contributed by atoms with Crippen LogP contribution in [0.5, 0.6) is 5.75 Å². The largest absolute Gasteiger partial charge is 0.508 e. The topological polar surface area (TPSA) is 71.0 Å². The smallest absolute Gasteiger partial charge is 0.411 e. The quantitative estimate of drug-likeness (QED) is 0.818. The predicted molar refractivity (Wildman–Crippen MR) is 94.5 cm³/mol. The first-order valence-electron chi connectivity index (χ1n) is 8.30. The van der Waals surface area contributed by atoms with Crippen LogP contribution in [-0.2, 0) is 22.6 Å². The van der Waals surface area contributed by atoms with Gasteiger partial charge in [0.2, 0.25) is 0 Å². The van der Waals surface area contributed by atoms with Gasteiger partial charge in [-0.2, -0.15) is 0 Å². The first-order valence-corrected chi connectivity index (χ1v) is 8.30. The van der Waals surface area contributed by atoms with E-state index in [1.807, 2.05) is 30.3 Å². The Morgan fingerprint density at radius 1 is 1.16 bits per heavy atom. The van der Waals surface area contributed by atoms with Crippen LogP contribution in [0.15, 0.2) is 48.5 Å². The van der Waals surface area contributed by atoms with Crippen molar-refractivity contribution >= 4 is 11.8 Å². The fourth-order valence-corrected chi connectivity index (χ4v) is 2.67. The van der Waals surface area contributed by atoms with Crippen LogP contribution >= 0.6 is 0 Å². The molecule has 1 aliphatic rings. The Morgan fingerprint density at radius 3 is 2.68 bits per heavy atom. The SMILES string of the molecule is O=C(Nc1ccc(O)c(CN2CCOCC2)c1)OCc1ccccc1. The lowest BCUT2D eigenvalue weighted by molar-refractivity contribution is 0.0339. The second kappa shape index (κ2) is 8.50. The van der Waals surface area contributed by atoms with Crippen molar-refractivity contribution in [2.45, 2.75) is 13.2 Å². The zero-order valence-electron chi connectivity index (χ0n) is 14.0. The molecule has 6 nitrogen and oxygen atoms in total. The van der Waals surface area contributed by atoms with Crippen LogP contribution in [0.25, 0.3) is 0 Å². The maximum absolute atomic E-state index is 11.9. The van der Waals surface area contributed by atoms with E-state index in [1.54, 1.807) is 18.2 Å². The van der Waals surface area contributed by atoms with Gasteiger partial charge in [0.25, 0.3) is 0 Å². The lowest BCUT2D eigenvalue weighted by atomic mass is 10.1. The number of morpholine rings is 1. The Bertz CT molecular complexity index is 700. The number of phenolic OH excluding ortho intramolecular Hbond substituents is 1. The Labute approximate surface area is 147 Å². The molecule has 1 aliphatic heterocycles. The molecule has 132 valence electrons. The van der Waals surface area contributed by atoms with Gasteiger partial charge in [-0.15, -0.1) is 0 Å². The van der Waals surface area contributed by atoms with Gasteiger partial charge < -0.3 is 14.6 Å². The molecule has 25 heavy (non-hydrogen) atoms. The molecule has 2 N–H and O–H groups in total. The predicted octanol–water partition coefficient (Wildman–Crippen LogP) is 2.97. The molecule has 2 aromatic rings. The van der Waals surface area contributed by atoms with Crippen LogP contribution in [0.2, 0.25) is 0 Å². The number of anilines is 1. The number of hydrogen-bond acceptors (Lipinski definition) is 5. The maximum atomic E-state index is 11.9. The third kappa shape index (κ3) is 5.20. The summed E-state index contributed by atoms with van der Waals surface area (Å²) >= 11 is 0. The molecule has 0 saturated carbocycles. The van der Waals surface area contributed by atoms with E-state index in [-0.39, 0.29) is 12.4 Å². The molecule has 0 spiro atoms. The highest BCUT2D eigenvalue weighted by atomic mass is 16.5. The van der Waals surface area contributed by atoms with E-state index in [2.05, 4.69) is 10.2 Å². The molecule has 1 amide bonds. The fourth-order valence-electron chi connectivity index (χ4n) is 2.67. The molecule has 0 unspecified atom stereocenters. The minimum absolute atomic E-state index is 0.214. The van der Waals surface area contributed by atoms with Crippen molar-refractivity contribution in [2.75, 3.05) is 31.6 Å². The minimum atomic E-state index is -0.521. The standard InChI is InChI=1S/C19H22N2O4/c22-18-7-6-17(12-16(18)13-21-8-10-24-11-9-21)20-19(23)25-14-15-4-2-1-3-5-15/h1-7,12,22H,8-11,13-14H2,(H,20,23). The van der Waals surface area contributed by atoms with Gasteiger partial charge in [0.05, 0.1) is 13.2 Å². The van der Waals surface area contributed by atoms with E-state index in [0.29, 0.717) is 25.4 Å². The number of nitrogens with one attached hydrogen (secondary N) is 1. The van der Waals surface area contributed by atoms with Gasteiger partial charge in [-0.3, -0.25) is 10.2 Å². The number of hydrogen-bond donors (Lipinski definition) is 2. The van der Waals surface area contributed by atoms with Crippen LogP contribution in [0, 0.1) is 0 Å². The molecular formula is C19H22N2O4. The average molecular weight is 342 g/mol. The Kier molecular flexibility index (Phi) is 5.87. The summed E-state index contributed by atoms with van der Waals surface area (Å²) in [5.74, 6) is 0.217. The highest BCUT2D eigenvalue weighted by Crippen LogP contribution is 2.23. The van der Waals surface area contributed by atoms with Crippen molar-refractivity contribution in [1.82, 2.24) is 4.90 Å². The van der Waals surface area contributed by atoms with Crippen LogP contribution < -0.4 is 5.32 Å². The van der Waals surface area contributed by atoms with E-state index in [0.717, 1.165) is 24.2 Å². The second-order valence-electron chi connectivity index (χ2n) is 5.92.